The summed E-state index contributed by atoms with van der Waals surface area (Å²) in [4.78, 5) is 11.4. The van der Waals surface area contributed by atoms with Gasteiger partial charge in [0, 0.05) is 18.8 Å². The normalized spacial score (nSPS) is 8.50. The summed E-state index contributed by atoms with van der Waals surface area (Å²) < 4.78 is 1.52. The summed E-state index contributed by atoms with van der Waals surface area (Å²) in [6, 6.07) is 1.84. The molecule has 1 rings (SSSR count). The van der Waals surface area contributed by atoms with Gasteiger partial charge in [-0.25, -0.2) is 0 Å². The van der Waals surface area contributed by atoms with Gasteiger partial charge in [0.2, 0.25) is 0 Å². The molecule has 0 saturated heterocycles. The molecule has 0 fully saturated rings. The fraction of sp³-hybridized carbons (Fsp3) is 0.250. The van der Waals surface area contributed by atoms with Crippen LogP contribution in [0.25, 0.3) is 12.2 Å². The van der Waals surface area contributed by atoms with Crippen molar-refractivity contribution in [1.29, 1.82) is 0 Å². The highest BCUT2D eigenvalue weighted by Crippen LogP contribution is 2.05. The number of aromatic nitrogens is 1. The number of aryl methyl sites for hydroxylation is 1. The predicted octanol–water partition coefficient (Wildman–Crippen LogP) is 2.70. The molecule has 1 heterocycles. The second kappa shape index (κ2) is 5.97. The molecule has 0 aromatic carbocycles. The van der Waals surface area contributed by atoms with Crippen molar-refractivity contribution >= 4 is 12.2 Å². The number of pyridine rings is 1. The van der Waals surface area contributed by atoms with Gasteiger partial charge in [-0.3, -0.25) is 4.79 Å². The third-order valence-electron chi connectivity index (χ3n) is 1.76. The van der Waals surface area contributed by atoms with Gasteiger partial charge >= 0.3 is 0 Å². The fourth-order valence-electron chi connectivity index (χ4n) is 1.05. The van der Waals surface area contributed by atoms with E-state index in [-0.39, 0.29) is 5.56 Å². The highest BCUT2D eigenvalue weighted by molar-refractivity contribution is 5.62. The molecule has 0 unspecified atom stereocenters. The van der Waals surface area contributed by atoms with E-state index in [2.05, 4.69) is 13.2 Å². The van der Waals surface area contributed by atoms with Crippen LogP contribution in [0.15, 0.2) is 30.2 Å². The Bertz CT molecular complexity index is 374. The maximum atomic E-state index is 11.4. The van der Waals surface area contributed by atoms with E-state index in [4.69, 9.17) is 0 Å². The molecule has 0 atom stereocenters. The molecule has 0 amide bonds. The molecule has 2 nitrogen and oxygen atoms in total. The molecule has 0 bridgehead atoms. The van der Waals surface area contributed by atoms with E-state index in [1.54, 1.807) is 25.4 Å². The lowest BCUT2D eigenvalue weighted by atomic mass is 10.1. The van der Waals surface area contributed by atoms with E-state index in [1.165, 1.54) is 4.57 Å². The molecule has 0 aliphatic carbocycles. The highest BCUT2D eigenvalue weighted by atomic mass is 16.1. The van der Waals surface area contributed by atoms with Crippen molar-refractivity contribution in [3.05, 3.63) is 46.9 Å². The van der Waals surface area contributed by atoms with Crippen molar-refractivity contribution in [3.63, 3.8) is 0 Å². The topological polar surface area (TPSA) is 22.0 Å². The summed E-state index contributed by atoms with van der Waals surface area (Å²) in [5.41, 5.74) is 1.39. The minimum Gasteiger partial charge on any atom is -0.318 e. The van der Waals surface area contributed by atoms with E-state index in [0.29, 0.717) is 5.56 Å². The summed E-state index contributed by atoms with van der Waals surface area (Å²) in [7, 11) is 1.71. The first-order valence-electron chi connectivity index (χ1n) is 4.65. The van der Waals surface area contributed by atoms with Gasteiger partial charge in [-0.1, -0.05) is 39.2 Å². The molecule has 76 valence electrons. The molecule has 2 heteroatoms. The van der Waals surface area contributed by atoms with Crippen molar-refractivity contribution in [1.82, 2.24) is 4.57 Å². The lowest BCUT2D eigenvalue weighted by molar-refractivity contribution is 0.856. The molecule has 1 aromatic heterocycles. The number of hydrogen-bond donors (Lipinski definition) is 0. The van der Waals surface area contributed by atoms with Crippen LogP contribution in [0.4, 0.5) is 0 Å². The standard InChI is InChI=1S/C10H11NO.C2H6/c1-4-8-6-7-11(3)10(12)9(8)5-2;1-2/h4-7H,1-2H2,3H3;1-2H3. The first-order valence-corrected chi connectivity index (χ1v) is 4.65. The van der Waals surface area contributed by atoms with Crippen molar-refractivity contribution < 1.29 is 0 Å². The van der Waals surface area contributed by atoms with E-state index in [9.17, 15) is 4.79 Å². The third-order valence-corrected chi connectivity index (χ3v) is 1.76. The summed E-state index contributed by atoms with van der Waals surface area (Å²) in [6.45, 7) is 11.2. The van der Waals surface area contributed by atoms with Gasteiger partial charge < -0.3 is 4.57 Å². The highest BCUT2D eigenvalue weighted by Gasteiger charge is 2.00. The zero-order chi connectivity index (χ0) is 11.1. The van der Waals surface area contributed by atoms with Crippen molar-refractivity contribution in [2.75, 3.05) is 0 Å². The Labute approximate surface area is 85.2 Å². The second-order valence-corrected chi connectivity index (χ2v) is 2.51. The van der Waals surface area contributed by atoms with Gasteiger partial charge in [0.25, 0.3) is 5.56 Å². The van der Waals surface area contributed by atoms with Gasteiger partial charge in [0.1, 0.15) is 0 Å². The lowest BCUT2D eigenvalue weighted by Crippen LogP contribution is -2.19. The average Bonchev–Trinajstić information content (AvgIpc) is 2.24. The first kappa shape index (κ1) is 12.4. The third kappa shape index (κ3) is 2.46. The Balaban J connectivity index is 0.000000791. The van der Waals surface area contributed by atoms with E-state index in [0.717, 1.165) is 5.56 Å². The monoisotopic (exact) mass is 191 g/mol. The van der Waals surface area contributed by atoms with Gasteiger partial charge in [-0.15, -0.1) is 0 Å². The second-order valence-electron chi connectivity index (χ2n) is 2.51. The van der Waals surface area contributed by atoms with Crippen LogP contribution in [0.5, 0.6) is 0 Å². The van der Waals surface area contributed by atoms with Crippen LogP contribution in [0.2, 0.25) is 0 Å². The fourth-order valence-corrected chi connectivity index (χ4v) is 1.05. The minimum absolute atomic E-state index is 0.0394. The van der Waals surface area contributed by atoms with Crippen LogP contribution < -0.4 is 5.56 Å². The summed E-state index contributed by atoms with van der Waals surface area (Å²) >= 11 is 0. The average molecular weight is 191 g/mol. The summed E-state index contributed by atoms with van der Waals surface area (Å²) in [5.74, 6) is 0. The van der Waals surface area contributed by atoms with Crippen molar-refractivity contribution in [2.45, 2.75) is 13.8 Å². The zero-order valence-electron chi connectivity index (χ0n) is 9.08. The molecule has 0 saturated carbocycles. The Morgan fingerprint density at radius 3 is 2.29 bits per heavy atom. The molecule has 0 N–H and O–H groups in total. The number of hydrogen-bond acceptors (Lipinski definition) is 1. The molecular formula is C12H17NO. The molecule has 14 heavy (non-hydrogen) atoms. The van der Waals surface area contributed by atoms with E-state index >= 15 is 0 Å². The smallest absolute Gasteiger partial charge is 0.258 e. The van der Waals surface area contributed by atoms with Crippen molar-refractivity contribution in [2.24, 2.45) is 7.05 Å². The van der Waals surface area contributed by atoms with Gasteiger partial charge in [-0.05, 0) is 11.6 Å². The largest absolute Gasteiger partial charge is 0.318 e. The Morgan fingerprint density at radius 2 is 1.86 bits per heavy atom. The number of nitrogens with zero attached hydrogens (tertiary/aromatic N) is 1. The maximum absolute atomic E-state index is 11.4. The quantitative estimate of drug-likeness (QED) is 0.704. The predicted molar refractivity (Wildman–Crippen MR) is 63.2 cm³/mol. The van der Waals surface area contributed by atoms with Gasteiger partial charge in [0.15, 0.2) is 0 Å². The molecule has 0 aliphatic rings. The van der Waals surface area contributed by atoms with E-state index < -0.39 is 0 Å². The van der Waals surface area contributed by atoms with E-state index in [1.807, 2.05) is 19.9 Å². The van der Waals surface area contributed by atoms with Crippen LogP contribution in [-0.2, 0) is 7.05 Å². The molecular weight excluding hydrogens is 174 g/mol. The molecule has 0 radical (unpaired) electrons. The molecule has 0 spiro atoms. The van der Waals surface area contributed by atoms with Crippen LogP contribution in [-0.4, -0.2) is 4.57 Å². The zero-order valence-corrected chi connectivity index (χ0v) is 9.08. The Hall–Kier alpha value is -1.57. The van der Waals surface area contributed by atoms with Gasteiger partial charge in [-0.2, -0.15) is 0 Å². The Morgan fingerprint density at radius 1 is 1.29 bits per heavy atom. The summed E-state index contributed by atoms with van der Waals surface area (Å²) in [6.07, 6.45) is 4.92. The summed E-state index contributed by atoms with van der Waals surface area (Å²) in [5, 5.41) is 0. The molecule has 1 aromatic rings. The number of rotatable bonds is 2. The molecule has 0 aliphatic heterocycles. The first-order chi connectivity index (χ1) is 6.70. The van der Waals surface area contributed by atoms with Crippen molar-refractivity contribution in [3.8, 4) is 0 Å². The minimum atomic E-state index is -0.0394. The maximum Gasteiger partial charge on any atom is 0.258 e. The Kier molecular flexibility index (Phi) is 5.30. The van der Waals surface area contributed by atoms with Crippen LogP contribution >= 0.6 is 0 Å². The van der Waals surface area contributed by atoms with Gasteiger partial charge in [0.05, 0.1) is 0 Å². The SMILES string of the molecule is C=Cc1ccn(C)c(=O)c1C=C.CC. The lowest BCUT2D eigenvalue weighted by Gasteiger charge is -2.02. The van der Waals surface area contributed by atoms with Crippen LogP contribution in [0, 0.1) is 0 Å². The van der Waals surface area contributed by atoms with Crippen LogP contribution in [0.3, 0.4) is 0 Å². The van der Waals surface area contributed by atoms with Crippen LogP contribution in [0.1, 0.15) is 25.0 Å².